The number of sulfone groups is 1. The maximum Gasteiger partial charge on any atom is 0.223 e. The Kier molecular flexibility index (Phi) is 6.40. The number of benzene rings is 2. The number of hydrogen-bond donors (Lipinski definition) is 0. The van der Waals surface area contributed by atoms with E-state index in [2.05, 4.69) is 28.6 Å². The first-order valence-corrected chi connectivity index (χ1v) is 12.6. The number of ether oxygens (including phenoxy) is 1. The molecule has 2 heterocycles. The minimum atomic E-state index is -3.74. The van der Waals surface area contributed by atoms with Gasteiger partial charge in [0.05, 0.1) is 17.5 Å². The lowest BCUT2D eigenvalue weighted by molar-refractivity contribution is 0.209. The Morgan fingerprint density at radius 1 is 1.00 bits per heavy atom. The summed E-state index contributed by atoms with van der Waals surface area (Å²) >= 11 is 0. The monoisotopic (exact) mass is 453 g/mol. The van der Waals surface area contributed by atoms with E-state index in [4.69, 9.17) is 4.74 Å². The Hall–Kier alpha value is -2.64. The molecule has 0 unspecified atom stereocenters. The van der Waals surface area contributed by atoms with Gasteiger partial charge in [-0.3, -0.25) is 4.90 Å². The van der Waals surface area contributed by atoms with Gasteiger partial charge in [-0.2, -0.15) is 0 Å². The summed E-state index contributed by atoms with van der Waals surface area (Å²) < 4.78 is 32.4. The van der Waals surface area contributed by atoms with E-state index < -0.39 is 9.84 Å². The van der Waals surface area contributed by atoms with Crippen molar-refractivity contribution >= 4 is 26.4 Å². The van der Waals surface area contributed by atoms with Gasteiger partial charge in [0.1, 0.15) is 5.75 Å². The van der Waals surface area contributed by atoms with E-state index in [0.717, 1.165) is 55.0 Å². The van der Waals surface area contributed by atoms with Crippen molar-refractivity contribution in [3.63, 3.8) is 0 Å². The van der Waals surface area contributed by atoms with Crippen LogP contribution in [-0.2, 0) is 16.3 Å². The Balaban J connectivity index is 1.81. The van der Waals surface area contributed by atoms with Crippen LogP contribution in [0.3, 0.4) is 0 Å². The van der Waals surface area contributed by atoms with Crippen molar-refractivity contribution in [3.05, 3.63) is 54.1 Å². The molecule has 0 radical (unpaired) electrons. The van der Waals surface area contributed by atoms with Gasteiger partial charge in [-0.05, 0) is 62.2 Å². The first-order chi connectivity index (χ1) is 15.3. The summed E-state index contributed by atoms with van der Waals surface area (Å²) in [6.45, 7) is 10.00. The van der Waals surface area contributed by atoms with E-state index in [-0.39, 0.29) is 9.92 Å². The van der Waals surface area contributed by atoms with Crippen molar-refractivity contribution < 1.29 is 13.2 Å². The highest BCUT2D eigenvalue weighted by Crippen LogP contribution is 2.33. The molecule has 2 aromatic carbocycles. The van der Waals surface area contributed by atoms with Crippen LogP contribution < -0.4 is 9.64 Å². The van der Waals surface area contributed by atoms with E-state index >= 15 is 0 Å². The summed E-state index contributed by atoms with van der Waals surface area (Å²) in [6, 6.07) is 14.9. The number of pyridine rings is 1. The molecular formula is C25H31N3O3S. The fourth-order valence-corrected chi connectivity index (χ4v) is 5.42. The van der Waals surface area contributed by atoms with Gasteiger partial charge in [-0.15, -0.1) is 0 Å². The Bertz CT molecular complexity index is 1200. The molecule has 3 aromatic rings. The van der Waals surface area contributed by atoms with Crippen LogP contribution in [0.4, 0.5) is 5.69 Å². The number of hydrogen-bond acceptors (Lipinski definition) is 6. The van der Waals surface area contributed by atoms with Crippen molar-refractivity contribution in [2.45, 2.75) is 43.2 Å². The van der Waals surface area contributed by atoms with Crippen LogP contribution in [0.5, 0.6) is 5.75 Å². The molecule has 0 saturated carbocycles. The topological polar surface area (TPSA) is 62.7 Å². The average Bonchev–Trinajstić information content (AvgIpc) is 2.83. The highest BCUT2D eigenvalue weighted by molar-refractivity contribution is 7.91. The molecule has 0 aliphatic carbocycles. The Morgan fingerprint density at radius 3 is 2.28 bits per heavy atom. The molecule has 0 spiro atoms. The second-order valence-corrected chi connectivity index (χ2v) is 10.4. The van der Waals surface area contributed by atoms with Crippen molar-refractivity contribution in [3.8, 4) is 5.75 Å². The second-order valence-electron chi connectivity index (χ2n) is 8.48. The highest BCUT2D eigenvalue weighted by Gasteiger charge is 2.25. The number of aryl methyl sites for hydroxylation is 1. The zero-order valence-corrected chi connectivity index (χ0v) is 20.0. The van der Waals surface area contributed by atoms with Crippen LogP contribution in [0.25, 0.3) is 10.9 Å². The first kappa shape index (κ1) is 22.6. The van der Waals surface area contributed by atoms with Gasteiger partial charge in [0.2, 0.25) is 9.84 Å². The molecule has 1 aliphatic rings. The van der Waals surface area contributed by atoms with Gasteiger partial charge in [0, 0.05) is 43.3 Å². The molecule has 0 amide bonds. The molecule has 32 heavy (non-hydrogen) atoms. The molecular weight excluding hydrogens is 422 g/mol. The van der Waals surface area contributed by atoms with Gasteiger partial charge >= 0.3 is 0 Å². The molecule has 170 valence electrons. The van der Waals surface area contributed by atoms with Gasteiger partial charge < -0.3 is 9.64 Å². The largest absolute Gasteiger partial charge is 0.497 e. The predicted octanol–water partition coefficient (Wildman–Crippen LogP) is 4.17. The first-order valence-electron chi connectivity index (χ1n) is 11.1. The van der Waals surface area contributed by atoms with Crippen molar-refractivity contribution in [1.82, 2.24) is 9.88 Å². The maximum atomic E-state index is 13.5. The maximum absolute atomic E-state index is 13.5. The summed E-state index contributed by atoms with van der Waals surface area (Å²) in [5.74, 6) is 0.729. The number of anilines is 1. The van der Waals surface area contributed by atoms with Crippen LogP contribution in [0.1, 0.15) is 26.3 Å². The average molecular weight is 454 g/mol. The lowest BCUT2D eigenvalue weighted by Crippen LogP contribution is -2.49. The van der Waals surface area contributed by atoms with Crippen molar-refractivity contribution in [1.29, 1.82) is 0 Å². The molecule has 0 bridgehead atoms. The number of aromatic nitrogens is 1. The van der Waals surface area contributed by atoms with E-state index in [1.807, 2.05) is 37.3 Å². The lowest BCUT2D eigenvalue weighted by atomic mass is 10.1. The van der Waals surface area contributed by atoms with E-state index in [1.165, 1.54) is 0 Å². The zero-order valence-electron chi connectivity index (χ0n) is 19.2. The normalized spacial score (nSPS) is 15.5. The molecule has 4 rings (SSSR count). The predicted molar refractivity (Wildman–Crippen MR) is 128 cm³/mol. The van der Waals surface area contributed by atoms with Crippen LogP contribution in [0.2, 0.25) is 0 Å². The molecule has 1 fully saturated rings. The summed E-state index contributed by atoms with van der Waals surface area (Å²) in [7, 11) is -2.10. The molecule has 7 heteroatoms. The number of rotatable bonds is 6. The van der Waals surface area contributed by atoms with Crippen molar-refractivity contribution in [2.24, 2.45) is 0 Å². The molecule has 1 saturated heterocycles. The molecule has 1 aromatic heterocycles. The minimum Gasteiger partial charge on any atom is -0.497 e. The summed E-state index contributed by atoms with van der Waals surface area (Å²) in [5, 5.41) is 0.989. The van der Waals surface area contributed by atoms with Crippen LogP contribution in [0.15, 0.2) is 58.5 Å². The smallest absolute Gasteiger partial charge is 0.223 e. The molecule has 0 N–H and O–H groups in total. The number of piperazine rings is 1. The molecule has 0 atom stereocenters. The van der Waals surface area contributed by atoms with Gasteiger partial charge in [-0.25, -0.2) is 13.4 Å². The third kappa shape index (κ3) is 4.32. The van der Waals surface area contributed by atoms with Crippen LogP contribution in [-0.4, -0.2) is 57.6 Å². The minimum absolute atomic E-state index is 0.0840. The summed E-state index contributed by atoms with van der Waals surface area (Å²) in [4.78, 5) is 9.53. The van der Waals surface area contributed by atoms with Gasteiger partial charge in [0.15, 0.2) is 5.03 Å². The quantitative estimate of drug-likeness (QED) is 0.558. The Morgan fingerprint density at radius 2 is 1.69 bits per heavy atom. The Labute approximate surface area is 190 Å². The van der Waals surface area contributed by atoms with E-state index in [9.17, 15) is 8.42 Å². The molecule has 1 aliphatic heterocycles. The highest BCUT2D eigenvalue weighted by atomic mass is 32.2. The standard InChI is InChI=1S/C25H31N3O3S/c1-5-19-6-9-21(10-7-19)32(29,30)25-17-24(28-14-12-27(13-15-28)18(2)3)22-16-20(31-4)8-11-23(22)26-25/h6-11,16-18H,5,12-15H2,1-4H3. The van der Waals surface area contributed by atoms with Crippen LogP contribution >= 0.6 is 0 Å². The number of nitrogens with zero attached hydrogens (tertiary/aromatic N) is 3. The van der Waals surface area contributed by atoms with Crippen molar-refractivity contribution in [2.75, 3.05) is 38.2 Å². The van der Waals surface area contributed by atoms with Gasteiger partial charge in [-0.1, -0.05) is 19.1 Å². The SMILES string of the molecule is CCc1ccc(S(=O)(=O)c2cc(N3CCN(C(C)C)CC3)c3cc(OC)ccc3n2)cc1. The fourth-order valence-electron chi connectivity index (χ4n) is 4.19. The van der Waals surface area contributed by atoms with Gasteiger partial charge in [0.25, 0.3) is 0 Å². The number of methoxy groups -OCH3 is 1. The number of fused-ring (bicyclic) bond motifs is 1. The lowest BCUT2D eigenvalue weighted by Gasteiger charge is -2.38. The molecule has 6 nitrogen and oxygen atoms in total. The zero-order chi connectivity index (χ0) is 22.9. The van der Waals surface area contributed by atoms with Crippen LogP contribution in [0, 0.1) is 0 Å². The second kappa shape index (κ2) is 9.08. The fraction of sp³-hybridized carbons (Fsp3) is 0.400. The van der Waals surface area contributed by atoms with E-state index in [0.29, 0.717) is 11.6 Å². The third-order valence-electron chi connectivity index (χ3n) is 6.27. The summed E-state index contributed by atoms with van der Waals surface area (Å²) in [5.41, 5.74) is 2.64. The van der Waals surface area contributed by atoms with E-state index in [1.54, 1.807) is 25.3 Å². The third-order valence-corrected chi connectivity index (χ3v) is 7.93. The summed E-state index contributed by atoms with van der Waals surface area (Å²) in [6.07, 6.45) is 0.864.